The van der Waals surface area contributed by atoms with E-state index in [0.717, 1.165) is 16.4 Å². The van der Waals surface area contributed by atoms with Crippen molar-refractivity contribution in [1.82, 2.24) is 0 Å². The van der Waals surface area contributed by atoms with E-state index < -0.39 is 0 Å². The van der Waals surface area contributed by atoms with Gasteiger partial charge in [0.15, 0.2) is 0 Å². The van der Waals surface area contributed by atoms with E-state index in [1.54, 1.807) is 0 Å². The molecule has 1 atom stereocenters. The minimum Gasteiger partial charge on any atom is -0.457 e. The van der Waals surface area contributed by atoms with Gasteiger partial charge in [0.1, 0.15) is 11.5 Å². The number of aryl methyl sites for hydroxylation is 1. The molecule has 0 radical (unpaired) electrons. The summed E-state index contributed by atoms with van der Waals surface area (Å²) in [5.74, 6) is 2.71. The van der Waals surface area contributed by atoms with E-state index >= 15 is 0 Å². The molecule has 0 bridgehead atoms. The highest BCUT2D eigenvalue weighted by Crippen LogP contribution is 2.55. The molecule has 1 aliphatic carbocycles. The normalized spacial score (nSPS) is 23.8. The van der Waals surface area contributed by atoms with E-state index in [0.29, 0.717) is 5.92 Å². The summed E-state index contributed by atoms with van der Waals surface area (Å²) in [6, 6.07) is 13.1. The van der Waals surface area contributed by atoms with Crippen molar-refractivity contribution in [3.8, 4) is 11.5 Å². The summed E-state index contributed by atoms with van der Waals surface area (Å²) >= 11 is 4.51. The highest BCUT2D eigenvalue weighted by Gasteiger charge is 2.44. The van der Waals surface area contributed by atoms with E-state index in [9.17, 15) is 0 Å². The summed E-state index contributed by atoms with van der Waals surface area (Å²) in [6.07, 6.45) is 6.70. The lowest BCUT2D eigenvalue weighted by atomic mass is 9.61. The van der Waals surface area contributed by atoms with Gasteiger partial charge in [0.25, 0.3) is 0 Å². The van der Waals surface area contributed by atoms with Crippen molar-refractivity contribution in [1.29, 1.82) is 0 Å². The Bertz CT molecular complexity index is 692. The zero-order chi connectivity index (χ0) is 16.0. The lowest BCUT2D eigenvalue weighted by Crippen LogP contribution is -2.37. The molecule has 23 heavy (non-hydrogen) atoms. The SMILES string of the molecule is Cc1ccc2c(c1)Oc1cc(S)ccc1C2(C)C1CCCCC1. The lowest BCUT2D eigenvalue weighted by Gasteiger charge is -2.45. The largest absolute Gasteiger partial charge is 0.457 e. The van der Waals surface area contributed by atoms with Crippen LogP contribution in [0.2, 0.25) is 0 Å². The van der Waals surface area contributed by atoms with Gasteiger partial charge >= 0.3 is 0 Å². The zero-order valence-electron chi connectivity index (χ0n) is 13.9. The summed E-state index contributed by atoms with van der Waals surface area (Å²) in [4.78, 5) is 0.964. The Morgan fingerprint density at radius 1 is 0.957 bits per heavy atom. The van der Waals surface area contributed by atoms with Crippen LogP contribution >= 0.6 is 12.6 Å². The van der Waals surface area contributed by atoms with Crippen molar-refractivity contribution in [2.24, 2.45) is 5.92 Å². The highest BCUT2D eigenvalue weighted by atomic mass is 32.1. The second kappa shape index (κ2) is 5.59. The molecule has 0 amide bonds. The smallest absolute Gasteiger partial charge is 0.132 e. The van der Waals surface area contributed by atoms with E-state index in [2.05, 4.69) is 62.9 Å². The fourth-order valence-electron chi connectivity index (χ4n) is 4.55. The molecule has 1 aliphatic heterocycles. The lowest BCUT2D eigenvalue weighted by molar-refractivity contribution is 0.236. The van der Waals surface area contributed by atoms with Gasteiger partial charge in [0, 0.05) is 21.4 Å². The molecular weight excluding hydrogens is 300 g/mol. The minimum atomic E-state index is 0.0402. The first-order chi connectivity index (χ1) is 11.1. The molecule has 1 nitrogen and oxygen atoms in total. The topological polar surface area (TPSA) is 9.23 Å². The number of ether oxygens (including phenoxy) is 1. The maximum absolute atomic E-state index is 6.28. The third-order valence-corrected chi connectivity index (χ3v) is 6.14. The third-order valence-electron chi connectivity index (χ3n) is 5.86. The Balaban J connectivity index is 1.93. The fraction of sp³-hybridized carbons (Fsp3) is 0.429. The number of hydrogen-bond donors (Lipinski definition) is 1. The molecular formula is C21H24OS. The number of rotatable bonds is 1. The van der Waals surface area contributed by atoms with Gasteiger partial charge in [0.05, 0.1) is 0 Å². The predicted octanol–water partition coefficient (Wildman–Crippen LogP) is 6.28. The Labute approximate surface area is 144 Å². The minimum absolute atomic E-state index is 0.0402. The van der Waals surface area contributed by atoms with Crippen molar-refractivity contribution < 1.29 is 4.74 Å². The summed E-state index contributed by atoms with van der Waals surface area (Å²) in [6.45, 7) is 4.56. The van der Waals surface area contributed by atoms with Gasteiger partial charge in [-0.1, -0.05) is 44.4 Å². The summed E-state index contributed by atoms with van der Waals surface area (Å²) < 4.78 is 6.28. The Kier molecular flexibility index (Phi) is 3.68. The van der Waals surface area contributed by atoms with Crippen LogP contribution in [-0.4, -0.2) is 0 Å². The van der Waals surface area contributed by atoms with Crippen LogP contribution in [0.5, 0.6) is 11.5 Å². The van der Waals surface area contributed by atoms with Crippen LogP contribution in [0.15, 0.2) is 41.3 Å². The van der Waals surface area contributed by atoms with Crippen LogP contribution in [0.25, 0.3) is 0 Å². The maximum atomic E-state index is 6.28. The van der Waals surface area contributed by atoms with Gasteiger partial charge in [-0.25, -0.2) is 0 Å². The summed E-state index contributed by atoms with van der Waals surface area (Å²) in [5, 5.41) is 0. The van der Waals surface area contributed by atoms with Crippen LogP contribution in [0.3, 0.4) is 0 Å². The van der Waals surface area contributed by atoms with Crippen molar-refractivity contribution in [2.45, 2.75) is 56.3 Å². The number of fused-ring (bicyclic) bond motifs is 2. The van der Waals surface area contributed by atoms with Gasteiger partial charge in [-0.05, 0) is 49.4 Å². The van der Waals surface area contributed by atoms with Gasteiger partial charge in [-0.15, -0.1) is 12.6 Å². The maximum Gasteiger partial charge on any atom is 0.132 e. The molecule has 0 saturated heterocycles. The third kappa shape index (κ3) is 2.39. The summed E-state index contributed by atoms with van der Waals surface area (Å²) in [5.41, 5.74) is 3.98. The Morgan fingerprint density at radius 3 is 2.35 bits per heavy atom. The van der Waals surface area contributed by atoms with Gasteiger partial charge < -0.3 is 4.74 Å². The standard InChI is InChI=1S/C21H24OS/c1-14-8-10-17-19(12-14)22-20-13-16(23)9-11-18(20)21(17,2)15-6-4-3-5-7-15/h8-13,15,23H,3-7H2,1-2H3. The molecule has 4 rings (SSSR count). The van der Waals surface area contributed by atoms with Crippen LogP contribution in [-0.2, 0) is 5.41 Å². The van der Waals surface area contributed by atoms with E-state index in [1.807, 2.05) is 0 Å². The Hall–Kier alpha value is -1.41. The van der Waals surface area contributed by atoms with Gasteiger partial charge in [0.2, 0.25) is 0 Å². The molecule has 0 N–H and O–H groups in total. The first-order valence-corrected chi connectivity index (χ1v) is 9.16. The molecule has 2 heteroatoms. The van der Waals surface area contributed by atoms with Crippen LogP contribution in [0.1, 0.15) is 55.7 Å². The molecule has 1 heterocycles. The quantitative estimate of drug-likeness (QED) is 0.608. The average Bonchev–Trinajstić information content (AvgIpc) is 2.55. The molecule has 0 spiro atoms. The molecule has 120 valence electrons. The molecule has 1 saturated carbocycles. The average molecular weight is 324 g/mol. The number of benzene rings is 2. The number of thiol groups is 1. The molecule has 1 fully saturated rings. The van der Waals surface area contributed by atoms with Crippen LogP contribution in [0.4, 0.5) is 0 Å². The predicted molar refractivity (Wildman–Crippen MR) is 98.0 cm³/mol. The van der Waals surface area contributed by atoms with Crippen molar-refractivity contribution in [2.75, 3.05) is 0 Å². The molecule has 2 aromatic rings. The zero-order valence-corrected chi connectivity index (χ0v) is 14.8. The van der Waals surface area contributed by atoms with Crippen molar-refractivity contribution >= 4 is 12.6 Å². The van der Waals surface area contributed by atoms with Gasteiger partial charge in [-0.2, -0.15) is 0 Å². The van der Waals surface area contributed by atoms with Crippen molar-refractivity contribution in [3.63, 3.8) is 0 Å². The van der Waals surface area contributed by atoms with Gasteiger partial charge in [-0.3, -0.25) is 0 Å². The first-order valence-electron chi connectivity index (χ1n) is 8.71. The van der Waals surface area contributed by atoms with E-state index in [-0.39, 0.29) is 5.41 Å². The van der Waals surface area contributed by atoms with E-state index in [1.165, 1.54) is 48.8 Å². The Morgan fingerprint density at radius 2 is 1.61 bits per heavy atom. The van der Waals surface area contributed by atoms with Crippen molar-refractivity contribution in [3.05, 3.63) is 53.1 Å². The highest BCUT2D eigenvalue weighted by molar-refractivity contribution is 7.80. The fourth-order valence-corrected chi connectivity index (χ4v) is 4.74. The van der Waals surface area contributed by atoms with Crippen LogP contribution < -0.4 is 4.74 Å². The molecule has 0 aromatic heterocycles. The first kappa shape index (κ1) is 15.1. The second-order valence-electron chi connectivity index (χ2n) is 7.32. The second-order valence-corrected chi connectivity index (χ2v) is 7.84. The monoisotopic (exact) mass is 324 g/mol. The summed E-state index contributed by atoms with van der Waals surface area (Å²) in [7, 11) is 0. The molecule has 2 aliphatic rings. The molecule has 1 unspecified atom stereocenters. The number of hydrogen-bond acceptors (Lipinski definition) is 2. The van der Waals surface area contributed by atoms with Crippen LogP contribution in [0, 0.1) is 12.8 Å². The molecule has 2 aromatic carbocycles. The van der Waals surface area contributed by atoms with E-state index in [4.69, 9.17) is 4.74 Å².